The second-order valence-electron chi connectivity index (χ2n) is 2.27. The first-order valence-corrected chi connectivity index (χ1v) is 3.86. The Morgan fingerprint density at radius 2 is 2.40 bits per heavy atom. The lowest BCUT2D eigenvalue weighted by Crippen LogP contribution is -2.28. The smallest absolute Gasteiger partial charge is 0.210 e. The Labute approximate surface area is 71.4 Å². The van der Waals surface area contributed by atoms with Crippen LogP contribution in [-0.2, 0) is 0 Å². The molecule has 0 fully saturated rings. The van der Waals surface area contributed by atoms with Gasteiger partial charge in [-0.15, -0.1) is 0 Å². The lowest BCUT2D eigenvalue weighted by atomic mass is 10.1. The molecule has 0 spiro atoms. The highest BCUT2D eigenvalue weighted by atomic mass is 127. The Bertz CT molecular complexity index is 198. The van der Waals surface area contributed by atoms with Gasteiger partial charge in [-0.1, -0.05) is 28.7 Å². The Kier molecular flexibility index (Phi) is 2.07. The normalized spacial score (nSPS) is 39.6. The summed E-state index contributed by atoms with van der Waals surface area (Å²) in [5.74, 6) is -0.735. The highest BCUT2D eigenvalue weighted by Gasteiger charge is 2.31. The molecule has 0 amide bonds. The van der Waals surface area contributed by atoms with Gasteiger partial charge in [0.2, 0.25) is 12.3 Å². The summed E-state index contributed by atoms with van der Waals surface area (Å²) in [6, 6.07) is 0. The number of dihydropyridines is 1. The van der Waals surface area contributed by atoms with E-state index in [0.717, 1.165) is 0 Å². The molecule has 0 aromatic heterocycles. The van der Waals surface area contributed by atoms with Gasteiger partial charge in [0.1, 0.15) is 0 Å². The summed E-state index contributed by atoms with van der Waals surface area (Å²) in [6.45, 7) is 1.66. The minimum Gasteiger partial charge on any atom is -0.220 e. The van der Waals surface area contributed by atoms with E-state index in [1.165, 1.54) is 12.2 Å². The van der Waals surface area contributed by atoms with E-state index in [0.29, 0.717) is 0 Å². The van der Waals surface area contributed by atoms with Crippen LogP contribution in [0.15, 0.2) is 17.1 Å². The zero-order valence-electron chi connectivity index (χ0n) is 5.31. The molecular weight excluding hydrogens is 251 g/mol. The van der Waals surface area contributed by atoms with Gasteiger partial charge < -0.3 is 0 Å². The Morgan fingerprint density at radius 3 is 2.80 bits per heavy atom. The van der Waals surface area contributed by atoms with Gasteiger partial charge in [0.05, 0.1) is 3.42 Å². The van der Waals surface area contributed by atoms with Crippen molar-refractivity contribution in [1.82, 2.24) is 0 Å². The molecule has 10 heavy (non-hydrogen) atoms. The van der Waals surface area contributed by atoms with E-state index >= 15 is 0 Å². The van der Waals surface area contributed by atoms with Gasteiger partial charge >= 0.3 is 0 Å². The molecular formula is C6H6F2IN. The largest absolute Gasteiger partial charge is 0.220 e. The van der Waals surface area contributed by atoms with Gasteiger partial charge in [0, 0.05) is 0 Å². The van der Waals surface area contributed by atoms with Crippen LogP contribution < -0.4 is 0 Å². The molecule has 1 heterocycles. The lowest BCUT2D eigenvalue weighted by Gasteiger charge is -2.21. The summed E-state index contributed by atoms with van der Waals surface area (Å²) >= 11 is 1.89. The topological polar surface area (TPSA) is 12.4 Å². The predicted octanol–water partition coefficient (Wildman–Crippen LogP) is 2.41. The van der Waals surface area contributed by atoms with Crippen molar-refractivity contribution in [3.8, 4) is 0 Å². The molecule has 0 aromatic rings. The van der Waals surface area contributed by atoms with Gasteiger partial charge in [-0.25, -0.2) is 9.38 Å². The SMILES string of the molecule is C[C@@]1(I)C=CC(F)=N[C@@H]1F. The molecule has 0 aliphatic carbocycles. The number of alkyl halides is 2. The minimum atomic E-state index is -1.46. The Hall–Kier alpha value is -0.0000000000000000555. The third-order valence-electron chi connectivity index (χ3n) is 1.25. The monoisotopic (exact) mass is 257 g/mol. The van der Waals surface area contributed by atoms with Crippen molar-refractivity contribution in [2.45, 2.75) is 16.6 Å². The molecule has 0 saturated carbocycles. The molecule has 0 saturated heterocycles. The number of halogens is 3. The first-order chi connectivity index (χ1) is 4.52. The van der Waals surface area contributed by atoms with Crippen molar-refractivity contribution < 1.29 is 8.78 Å². The van der Waals surface area contributed by atoms with Gasteiger partial charge in [0.25, 0.3) is 0 Å². The number of hydrogen-bond donors (Lipinski definition) is 0. The van der Waals surface area contributed by atoms with Gasteiger partial charge in [-0.05, 0) is 13.0 Å². The molecule has 1 rings (SSSR count). The van der Waals surface area contributed by atoms with Crippen LogP contribution in [0.4, 0.5) is 8.78 Å². The summed E-state index contributed by atoms with van der Waals surface area (Å²) in [5, 5.41) is 0. The van der Waals surface area contributed by atoms with E-state index in [4.69, 9.17) is 0 Å². The number of allylic oxidation sites excluding steroid dienone is 1. The number of aliphatic imine (C=N–C) groups is 1. The summed E-state index contributed by atoms with van der Waals surface area (Å²) in [6.07, 6.45) is 1.20. The standard InChI is InChI=1S/C6H6F2IN/c1-6(9)3-2-4(7)10-5(6)8/h2-3,5H,1H3/t5-,6+/m0/s1. The van der Waals surface area contributed by atoms with Crippen LogP contribution in [0.5, 0.6) is 0 Å². The minimum absolute atomic E-state index is 0.687. The predicted molar refractivity (Wildman–Crippen MR) is 45.0 cm³/mol. The zero-order valence-corrected chi connectivity index (χ0v) is 7.47. The maximum atomic E-state index is 12.7. The molecule has 0 unspecified atom stereocenters. The van der Waals surface area contributed by atoms with E-state index in [-0.39, 0.29) is 0 Å². The maximum absolute atomic E-state index is 12.7. The molecule has 4 heteroatoms. The summed E-state index contributed by atoms with van der Waals surface area (Å²) in [7, 11) is 0. The average Bonchev–Trinajstić information content (AvgIpc) is 1.81. The quantitative estimate of drug-likeness (QED) is 0.359. The zero-order chi connectivity index (χ0) is 7.78. The maximum Gasteiger partial charge on any atom is 0.210 e. The van der Waals surface area contributed by atoms with Crippen molar-refractivity contribution in [2.24, 2.45) is 4.99 Å². The first kappa shape index (κ1) is 8.10. The van der Waals surface area contributed by atoms with Crippen molar-refractivity contribution in [1.29, 1.82) is 0 Å². The van der Waals surface area contributed by atoms with Crippen molar-refractivity contribution >= 4 is 28.6 Å². The number of rotatable bonds is 0. The first-order valence-electron chi connectivity index (χ1n) is 2.78. The van der Waals surface area contributed by atoms with Crippen LogP contribution in [-0.4, -0.2) is 15.7 Å². The molecule has 1 nitrogen and oxygen atoms in total. The van der Waals surface area contributed by atoms with E-state index in [1.807, 2.05) is 22.6 Å². The second kappa shape index (κ2) is 2.56. The number of hydrogen-bond acceptors (Lipinski definition) is 1. The van der Waals surface area contributed by atoms with E-state index in [9.17, 15) is 8.78 Å². The molecule has 1 aliphatic heterocycles. The van der Waals surface area contributed by atoms with Gasteiger partial charge in [-0.3, -0.25) is 0 Å². The second-order valence-corrected chi connectivity index (χ2v) is 4.60. The molecule has 0 aromatic carbocycles. The van der Waals surface area contributed by atoms with E-state index < -0.39 is 15.7 Å². The molecule has 56 valence electrons. The van der Waals surface area contributed by atoms with Crippen molar-refractivity contribution in [2.75, 3.05) is 0 Å². The van der Waals surface area contributed by atoms with Crippen LogP contribution >= 0.6 is 22.6 Å². The van der Waals surface area contributed by atoms with Crippen LogP contribution in [0, 0.1) is 0 Å². The summed E-state index contributed by atoms with van der Waals surface area (Å²) in [5.41, 5.74) is 0. The van der Waals surface area contributed by atoms with E-state index in [2.05, 4.69) is 4.99 Å². The van der Waals surface area contributed by atoms with Crippen molar-refractivity contribution in [3.63, 3.8) is 0 Å². The molecule has 1 aliphatic rings. The average molecular weight is 257 g/mol. The Balaban J connectivity index is 2.84. The third kappa shape index (κ3) is 1.53. The highest BCUT2D eigenvalue weighted by Crippen LogP contribution is 2.30. The summed E-state index contributed by atoms with van der Waals surface area (Å²) in [4.78, 5) is 3.12. The third-order valence-corrected chi connectivity index (χ3v) is 2.12. The highest BCUT2D eigenvalue weighted by molar-refractivity contribution is 14.1. The van der Waals surface area contributed by atoms with E-state index in [1.54, 1.807) is 6.92 Å². The van der Waals surface area contributed by atoms with Gasteiger partial charge in [0.15, 0.2) is 0 Å². The fourth-order valence-electron chi connectivity index (χ4n) is 0.589. The molecule has 2 atom stereocenters. The molecule has 0 N–H and O–H groups in total. The fraction of sp³-hybridized carbons (Fsp3) is 0.500. The van der Waals surface area contributed by atoms with Crippen LogP contribution in [0.25, 0.3) is 0 Å². The van der Waals surface area contributed by atoms with Crippen LogP contribution in [0.2, 0.25) is 0 Å². The fourth-order valence-corrected chi connectivity index (χ4v) is 0.908. The Morgan fingerprint density at radius 1 is 1.80 bits per heavy atom. The lowest BCUT2D eigenvalue weighted by molar-refractivity contribution is 0.313. The van der Waals surface area contributed by atoms with Crippen LogP contribution in [0.1, 0.15) is 6.92 Å². The molecule has 0 bridgehead atoms. The van der Waals surface area contributed by atoms with Gasteiger partial charge in [-0.2, -0.15) is 4.39 Å². The van der Waals surface area contributed by atoms with Crippen LogP contribution in [0.3, 0.4) is 0 Å². The molecule has 0 radical (unpaired) electrons. The van der Waals surface area contributed by atoms with Crippen molar-refractivity contribution in [3.05, 3.63) is 12.2 Å². The summed E-state index contributed by atoms with van der Waals surface area (Å²) < 4.78 is 24.2. The number of nitrogens with zero attached hydrogens (tertiary/aromatic N) is 1.